The number of nitrogens with zero attached hydrogens (tertiary/aromatic N) is 1. The van der Waals surface area contributed by atoms with Gasteiger partial charge in [-0.3, -0.25) is 4.90 Å². The van der Waals surface area contributed by atoms with Crippen molar-refractivity contribution in [2.75, 3.05) is 13.1 Å². The van der Waals surface area contributed by atoms with Crippen molar-refractivity contribution in [1.29, 1.82) is 0 Å². The fourth-order valence-corrected chi connectivity index (χ4v) is 2.82. The van der Waals surface area contributed by atoms with Crippen molar-refractivity contribution in [2.45, 2.75) is 52.1 Å². The van der Waals surface area contributed by atoms with Crippen molar-refractivity contribution >= 4 is 0 Å². The maximum absolute atomic E-state index is 9.54. The van der Waals surface area contributed by atoms with Gasteiger partial charge in [-0.05, 0) is 50.6 Å². The Balaban J connectivity index is 2.87. The molecule has 1 aromatic carbocycles. The molecule has 19 heavy (non-hydrogen) atoms. The highest BCUT2D eigenvalue weighted by Crippen LogP contribution is 2.25. The van der Waals surface area contributed by atoms with Gasteiger partial charge in [-0.15, -0.1) is 0 Å². The summed E-state index contributed by atoms with van der Waals surface area (Å²) in [7, 11) is 0. The zero-order valence-corrected chi connectivity index (χ0v) is 12.7. The lowest BCUT2D eigenvalue weighted by Crippen LogP contribution is -2.58. The minimum atomic E-state index is -0.00500. The third-order valence-corrected chi connectivity index (χ3v) is 4.37. The van der Waals surface area contributed by atoms with Crippen molar-refractivity contribution in [2.24, 2.45) is 5.73 Å². The van der Waals surface area contributed by atoms with Crippen LogP contribution in [-0.2, 0) is 6.42 Å². The summed E-state index contributed by atoms with van der Waals surface area (Å²) < 4.78 is 0. The molecule has 0 heterocycles. The molecule has 0 bridgehead atoms. The summed E-state index contributed by atoms with van der Waals surface area (Å²) in [5, 5.41) is 9.54. The monoisotopic (exact) mass is 264 g/mol. The molecule has 0 spiro atoms. The highest BCUT2D eigenvalue weighted by Gasteiger charge is 2.34. The Kier molecular flexibility index (Phi) is 5.83. The van der Waals surface area contributed by atoms with E-state index in [-0.39, 0.29) is 11.6 Å². The number of rotatable bonds is 7. The average molecular weight is 264 g/mol. The van der Waals surface area contributed by atoms with Crippen LogP contribution in [0.15, 0.2) is 24.3 Å². The minimum Gasteiger partial charge on any atom is -0.508 e. The lowest BCUT2D eigenvalue weighted by atomic mass is 9.84. The van der Waals surface area contributed by atoms with Gasteiger partial charge in [0, 0.05) is 11.6 Å². The lowest BCUT2D eigenvalue weighted by molar-refractivity contribution is 0.0845. The maximum atomic E-state index is 9.54. The first-order chi connectivity index (χ1) is 8.97. The first-order valence-electron chi connectivity index (χ1n) is 7.26. The van der Waals surface area contributed by atoms with Crippen molar-refractivity contribution in [3.05, 3.63) is 29.8 Å². The molecule has 108 valence electrons. The summed E-state index contributed by atoms with van der Waals surface area (Å²) in [6.45, 7) is 10.8. The van der Waals surface area contributed by atoms with E-state index < -0.39 is 0 Å². The van der Waals surface area contributed by atoms with Crippen LogP contribution in [0, 0.1) is 0 Å². The summed E-state index contributed by atoms with van der Waals surface area (Å²) in [6.07, 6.45) is 1.81. The molecule has 0 aliphatic carbocycles. The Morgan fingerprint density at radius 3 is 2.37 bits per heavy atom. The number of phenols is 1. The molecule has 3 N–H and O–H groups in total. The van der Waals surface area contributed by atoms with E-state index in [1.807, 2.05) is 12.1 Å². The Morgan fingerprint density at radius 2 is 1.89 bits per heavy atom. The van der Waals surface area contributed by atoms with Crippen LogP contribution < -0.4 is 5.73 Å². The summed E-state index contributed by atoms with van der Waals surface area (Å²) in [5.74, 6) is 0.311. The van der Waals surface area contributed by atoms with E-state index in [9.17, 15) is 5.11 Å². The molecule has 0 aliphatic rings. The van der Waals surface area contributed by atoms with E-state index in [0.717, 1.165) is 31.5 Å². The molecule has 1 rings (SSSR count). The standard InChI is InChI=1S/C16H28N2O/c1-5-16(4,18(6-2)7-3)15(17)12-13-9-8-10-14(19)11-13/h8-11,15,19H,5-7,12,17H2,1-4H3. The lowest BCUT2D eigenvalue weighted by Gasteiger charge is -2.44. The van der Waals surface area contributed by atoms with Crippen LogP contribution in [0.25, 0.3) is 0 Å². The SMILES string of the molecule is CCN(CC)C(C)(CC)C(N)Cc1cccc(O)c1. The molecule has 3 nitrogen and oxygen atoms in total. The molecule has 0 saturated carbocycles. The van der Waals surface area contributed by atoms with Gasteiger partial charge in [0.15, 0.2) is 0 Å². The van der Waals surface area contributed by atoms with Crippen molar-refractivity contribution in [3.8, 4) is 5.75 Å². The smallest absolute Gasteiger partial charge is 0.115 e. The van der Waals surface area contributed by atoms with Crippen molar-refractivity contribution < 1.29 is 5.11 Å². The van der Waals surface area contributed by atoms with E-state index >= 15 is 0 Å². The highest BCUT2D eigenvalue weighted by molar-refractivity contribution is 5.28. The van der Waals surface area contributed by atoms with Crippen LogP contribution in [0.5, 0.6) is 5.75 Å². The third-order valence-electron chi connectivity index (χ3n) is 4.37. The second-order valence-electron chi connectivity index (χ2n) is 5.36. The van der Waals surface area contributed by atoms with Crippen molar-refractivity contribution in [1.82, 2.24) is 4.90 Å². The van der Waals surface area contributed by atoms with Gasteiger partial charge >= 0.3 is 0 Å². The first kappa shape index (κ1) is 16.0. The summed E-state index contributed by atoms with van der Waals surface area (Å²) in [5.41, 5.74) is 7.57. The second-order valence-corrected chi connectivity index (χ2v) is 5.36. The van der Waals surface area contributed by atoms with E-state index in [0.29, 0.717) is 5.75 Å². The van der Waals surface area contributed by atoms with Crippen molar-refractivity contribution in [3.63, 3.8) is 0 Å². The van der Waals surface area contributed by atoms with Gasteiger partial charge in [0.05, 0.1) is 0 Å². The highest BCUT2D eigenvalue weighted by atomic mass is 16.3. The fraction of sp³-hybridized carbons (Fsp3) is 0.625. The summed E-state index contributed by atoms with van der Waals surface area (Å²) >= 11 is 0. The number of aromatic hydroxyl groups is 1. The predicted molar refractivity (Wildman–Crippen MR) is 81.4 cm³/mol. The molecular weight excluding hydrogens is 236 g/mol. The maximum Gasteiger partial charge on any atom is 0.115 e. The van der Waals surface area contributed by atoms with Gasteiger partial charge in [0.1, 0.15) is 5.75 Å². The quantitative estimate of drug-likeness (QED) is 0.796. The molecule has 1 aromatic rings. The van der Waals surface area contributed by atoms with Gasteiger partial charge in [0.25, 0.3) is 0 Å². The minimum absolute atomic E-state index is 0.00500. The van der Waals surface area contributed by atoms with E-state index in [2.05, 4.69) is 32.6 Å². The molecule has 0 amide bonds. The Bertz CT molecular complexity index is 390. The second kappa shape index (κ2) is 6.92. The Hall–Kier alpha value is -1.06. The van der Waals surface area contributed by atoms with Gasteiger partial charge in [-0.2, -0.15) is 0 Å². The van der Waals surface area contributed by atoms with E-state index in [1.165, 1.54) is 0 Å². The number of nitrogens with two attached hydrogens (primary N) is 1. The molecule has 2 unspecified atom stereocenters. The molecule has 3 heteroatoms. The fourth-order valence-electron chi connectivity index (χ4n) is 2.82. The third kappa shape index (κ3) is 3.71. The van der Waals surface area contributed by atoms with Crippen LogP contribution in [-0.4, -0.2) is 34.7 Å². The summed E-state index contributed by atoms with van der Waals surface area (Å²) in [6, 6.07) is 7.45. The molecule has 2 atom stereocenters. The molecule has 0 saturated heterocycles. The number of likely N-dealkylation sites (N-methyl/N-ethyl adjacent to an activating group) is 1. The van der Waals surface area contributed by atoms with Crippen LogP contribution in [0.4, 0.5) is 0 Å². The normalized spacial score (nSPS) is 16.3. The number of benzene rings is 1. The first-order valence-corrected chi connectivity index (χ1v) is 7.26. The Morgan fingerprint density at radius 1 is 1.26 bits per heavy atom. The zero-order chi connectivity index (χ0) is 14.5. The van der Waals surface area contributed by atoms with Gasteiger partial charge in [0.2, 0.25) is 0 Å². The molecule has 0 radical (unpaired) electrons. The average Bonchev–Trinajstić information content (AvgIpc) is 2.39. The number of hydrogen-bond acceptors (Lipinski definition) is 3. The van der Waals surface area contributed by atoms with E-state index in [1.54, 1.807) is 12.1 Å². The predicted octanol–water partition coefficient (Wildman–Crippen LogP) is 2.77. The van der Waals surface area contributed by atoms with Gasteiger partial charge in [-0.1, -0.05) is 32.9 Å². The molecule has 0 fully saturated rings. The topological polar surface area (TPSA) is 49.5 Å². The van der Waals surface area contributed by atoms with Crippen LogP contribution in [0.1, 0.15) is 39.7 Å². The summed E-state index contributed by atoms with van der Waals surface area (Å²) in [4.78, 5) is 2.43. The van der Waals surface area contributed by atoms with Gasteiger partial charge in [-0.25, -0.2) is 0 Å². The largest absolute Gasteiger partial charge is 0.508 e. The Labute approximate surface area is 117 Å². The van der Waals surface area contributed by atoms with Gasteiger partial charge < -0.3 is 10.8 Å². The molecular formula is C16H28N2O. The molecule has 0 aromatic heterocycles. The number of hydrogen-bond donors (Lipinski definition) is 2. The molecule has 0 aliphatic heterocycles. The van der Waals surface area contributed by atoms with E-state index in [4.69, 9.17) is 5.73 Å². The number of phenolic OH excluding ortho intramolecular Hbond substituents is 1. The van der Waals surface area contributed by atoms with Crippen LogP contribution in [0.2, 0.25) is 0 Å². The van der Waals surface area contributed by atoms with Crippen LogP contribution >= 0.6 is 0 Å². The zero-order valence-electron chi connectivity index (χ0n) is 12.7. The van der Waals surface area contributed by atoms with Crippen LogP contribution in [0.3, 0.4) is 0 Å².